The van der Waals surface area contributed by atoms with Crippen molar-refractivity contribution in [2.45, 2.75) is 106 Å². The average molecular weight is 446 g/mol. The quantitative estimate of drug-likeness (QED) is 0.285. The van der Waals surface area contributed by atoms with Gasteiger partial charge in [-0.15, -0.1) is 5.61 Å². The summed E-state index contributed by atoms with van der Waals surface area (Å²) in [7, 11) is 0. The van der Waals surface area contributed by atoms with Crippen LogP contribution in [-0.2, 0) is 0 Å². The lowest BCUT2D eigenvalue weighted by Crippen LogP contribution is -2.38. The third-order valence-electron chi connectivity index (χ3n) is 6.39. The summed E-state index contributed by atoms with van der Waals surface area (Å²) in [6.45, 7) is 27.1. The fourth-order valence-electron chi connectivity index (χ4n) is 4.53. The van der Waals surface area contributed by atoms with E-state index in [0.29, 0.717) is 23.7 Å². The zero-order chi connectivity index (χ0) is 25.1. The molecule has 2 nitrogen and oxygen atoms in total. The first-order valence-corrected chi connectivity index (χ1v) is 12.9. The van der Waals surface area contributed by atoms with E-state index in [4.69, 9.17) is 9.98 Å². The van der Waals surface area contributed by atoms with Crippen molar-refractivity contribution in [2.75, 3.05) is 0 Å². The van der Waals surface area contributed by atoms with Crippen molar-refractivity contribution in [1.29, 1.82) is 0 Å². The molecular weight excluding hydrogens is 399 g/mol. The van der Waals surface area contributed by atoms with Crippen LogP contribution in [0.3, 0.4) is 0 Å². The van der Waals surface area contributed by atoms with Gasteiger partial charge < -0.3 is 0 Å². The molecule has 2 rings (SSSR count). The third kappa shape index (κ3) is 6.46. The number of benzene rings is 2. The van der Waals surface area contributed by atoms with E-state index in [9.17, 15) is 0 Å². The van der Waals surface area contributed by atoms with Gasteiger partial charge in [0.05, 0.1) is 11.4 Å². The van der Waals surface area contributed by atoms with E-state index in [1.807, 2.05) is 0 Å². The fraction of sp³-hybridized carbons (Fsp3) is 0.533. The molecule has 33 heavy (non-hydrogen) atoms. The van der Waals surface area contributed by atoms with Crippen LogP contribution in [0.2, 0.25) is 20.5 Å². The maximum atomic E-state index is 5.43. The third-order valence-corrected chi connectivity index (χ3v) is 6.39. The first-order chi connectivity index (χ1) is 15.3. The minimum Gasteiger partial charge on any atom is -0.293 e. The highest BCUT2D eigenvalue weighted by Crippen LogP contribution is 2.37. The lowest BCUT2D eigenvalue weighted by atomic mass is 9.26. The van der Waals surface area contributed by atoms with Crippen LogP contribution in [-0.4, -0.2) is 17.5 Å². The van der Waals surface area contributed by atoms with Crippen molar-refractivity contribution in [1.82, 2.24) is 0 Å². The molecular formula is C30H46BN2-. The Hall–Kier alpha value is -2.16. The van der Waals surface area contributed by atoms with E-state index in [1.165, 1.54) is 22.3 Å². The summed E-state index contributed by atoms with van der Waals surface area (Å²) in [5.74, 6) is 1.68. The van der Waals surface area contributed by atoms with Crippen LogP contribution >= 0.6 is 0 Å². The molecule has 0 bridgehead atoms. The Labute approximate surface area is 204 Å². The lowest BCUT2D eigenvalue weighted by molar-refractivity contribution is 0.834. The highest BCUT2D eigenvalue weighted by atomic mass is 14.8. The number of hydrogen-bond donors (Lipinski definition) is 0. The van der Waals surface area contributed by atoms with Gasteiger partial charge in [-0.1, -0.05) is 91.8 Å². The van der Waals surface area contributed by atoms with E-state index < -0.39 is 6.15 Å². The van der Waals surface area contributed by atoms with Crippen molar-refractivity contribution in [3.63, 3.8) is 0 Å². The minimum absolute atomic E-state index is 0.419. The zero-order valence-corrected chi connectivity index (χ0v) is 23.2. The molecule has 0 radical (unpaired) electrons. The predicted molar refractivity (Wildman–Crippen MR) is 152 cm³/mol. The van der Waals surface area contributed by atoms with Crippen LogP contribution in [0.5, 0.6) is 0 Å². The van der Waals surface area contributed by atoms with Crippen LogP contribution < -0.4 is 0 Å². The smallest absolute Gasteiger partial charge is 0.0701 e. The Morgan fingerprint density at radius 1 is 0.576 bits per heavy atom. The maximum Gasteiger partial charge on any atom is 0.0701 e. The Morgan fingerprint density at radius 3 is 1.15 bits per heavy atom. The lowest BCUT2D eigenvalue weighted by Gasteiger charge is -2.30. The van der Waals surface area contributed by atoms with Gasteiger partial charge in [0.2, 0.25) is 0 Å². The molecule has 3 heteroatoms. The van der Waals surface area contributed by atoms with Gasteiger partial charge in [0, 0.05) is 11.9 Å². The standard InChI is InChI=1S/C30H46BN2/c1-19(2)24-15-13-16-25(20(3)4)28(24)32-23(9)30(31(10,11)12)33-29-26(21(5)6)17-14-18-27(29)22(7)8/h13-22H,1-12H3/q-1. The second-order valence-corrected chi connectivity index (χ2v) is 12.0. The van der Waals surface area contributed by atoms with Crippen LogP contribution in [0.1, 0.15) is 108 Å². The topological polar surface area (TPSA) is 24.7 Å². The molecule has 0 amide bonds. The van der Waals surface area contributed by atoms with Crippen LogP contribution in [0.25, 0.3) is 0 Å². The van der Waals surface area contributed by atoms with Crippen LogP contribution in [0.15, 0.2) is 46.4 Å². The van der Waals surface area contributed by atoms with Gasteiger partial charge in [0.1, 0.15) is 0 Å². The second-order valence-electron chi connectivity index (χ2n) is 12.0. The molecule has 0 unspecified atom stereocenters. The number of nitrogens with zero attached hydrogens (tertiary/aromatic N) is 2. The van der Waals surface area contributed by atoms with Crippen molar-refractivity contribution < 1.29 is 0 Å². The van der Waals surface area contributed by atoms with Gasteiger partial charge in [0.15, 0.2) is 0 Å². The number of hydrogen-bond acceptors (Lipinski definition) is 2. The van der Waals surface area contributed by atoms with Gasteiger partial charge >= 0.3 is 0 Å². The van der Waals surface area contributed by atoms with Crippen molar-refractivity contribution in [2.24, 2.45) is 9.98 Å². The Bertz CT molecular complexity index is 966. The molecule has 0 fully saturated rings. The number of para-hydroxylation sites is 2. The average Bonchev–Trinajstić information content (AvgIpc) is 2.70. The molecule has 0 atom stereocenters. The largest absolute Gasteiger partial charge is 0.293 e. The molecule has 2 aromatic carbocycles. The highest BCUT2D eigenvalue weighted by molar-refractivity contribution is 7.13. The van der Waals surface area contributed by atoms with E-state index in [0.717, 1.165) is 22.7 Å². The normalized spacial score (nSPS) is 13.7. The van der Waals surface area contributed by atoms with E-state index in [2.05, 4.69) is 119 Å². The van der Waals surface area contributed by atoms with Crippen LogP contribution in [0, 0.1) is 0 Å². The van der Waals surface area contributed by atoms with E-state index >= 15 is 0 Å². The monoisotopic (exact) mass is 445 g/mol. The van der Waals surface area contributed by atoms with Gasteiger partial charge in [-0.2, -0.15) is 20.5 Å². The Kier molecular flexibility index (Phi) is 8.91. The van der Waals surface area contributed by atoms with Gasteiger partial charge in [-0.3, -0.25) is 9.98 Å². The predicted octanol–water partition coefficient (Wildman–Crippen LogP) is 9.92. The summed E-state index contributed by atoms with van der Waals surface area (Å²) >= 11 is 0. The molecule has 0 aliphatic heterocycles. The molecule has 180 valence electrons. The molecule has 0 spiro atoms. The molecule has 0 heterocycles. The van der Waals surface area contributed by atoms with E-state index in [1.54, 1.807) is 0 Å². The van der Waals surface area contributed by atoms with E-state index in [-0.39, 0.29) is 0 Å². The number of aliphatic imine (C=N–C) groups is 2. The first kappa shape index (κ1) is 27.1. The Balaban J connectivity index is 2.84. The summed E-state index contributed by atoms with van der Waals surface area (Å²) in [5.41, 5.74) is 9.69. The molecule has 0 saturated carbocycles. The summed E-state index contributed by atoms with van der Waals surface area (Å²) < 4.78 is 0. The molecule has 0 saturated heterocycles. The first-order valence-electron chi connectivity index (χ1n) is 12.9. The SMILES string of the molecule is CC(=Nc1c(C(C)C)cccc1C(C)C)C(=Nc1c(C(C)C)cccc1C(C)C)[B-](C)(C)C. The van der Waals surface area contributed by atoms with Crippen LogP contribution in [0.4, 0.5) is 11.4 Å². The van der Waals surface area contributed by atoms with Crippen molar-refractivity contribution in [3.05, 3.63) is 58.7 Å². The summed E-state index contributed by atoms with van der Waals surface area (Å²) in [5, 5.41) is 0. The molecule has 2 aromatic rings. The van der Waals surface area contributed by atoms with Gasteiger partial charge in [0.25, 0.3) is 0 Å². The number of rotatable bonds is 8. The second kappa shape index (κ2) is 10.8. The molecule has 0 N–H and O–H groups in total. The molecule has 0 aliphatic carbocycles. The van der Waals surface area contributed by atoms with Gasteiger partial charge in [-0.05, 0) is 52.8 Å². The summed E-state index contributed by atoms with van der Waals surface area (Å²) in [4.78, 5) is 10.7. The van der Waals surface area contributed by atoms with Crippen molar-refractivity contribution >= 4 is 28.8 Å². The van der Waals surface area contributed by atoms with Crippen molar-refractivity contribution in [3.8, 4) is 0 Å². The molecule has 0 aromatic heterocycles. The molecule has 0 aliphatic rings. The zero-order valence-electron chi connectivity index (χ0n) is 23.2. The summed E-state index contributed by atoms with van der Waals surface area (Å²) in [6.07, 6.45) is -0.868. The minimum atomic E-state index is -0.868. The highest BCUT2D eigenvalue weighted by Gasteiger charge is 2.21. The maximum absolute atomic E-state index is 5.43. The Morgan fingerprint density at radius 2 is 0.879 bits per heavy atom. The van der Waals surface area contributed by atoms with Gasteiger partial charge in [-0.25, -0.2) is 0 Å². The summed E-state index contributed by atoms with van der Waals surface area (Å²) in [6, 6.07) is 13.3. The fourth-order valence-corrected chi connectivity index (χ4v) is 4.53.